The number of fused-ring (bicyclic) bond motifs is 10. The number of rotatable bonds is 16. The smallest absolute Gasteiger partial charge is 0.307 e. The largest absolute Gasteiger partial charge is 0.438 e. The van der Waals surface area contributed by atoms with Gasteiger partial charge in [-0.1, -0.05) is 41.5 Å². The van der Waals surface area contributed by atoms with Crippen LogP contribution in [0.1, 0.15) is 183 Å². The molecule has 0 aromatic carbocycles. The maximum atomic E-state index is 12.9. The Morgan fingerprint density at radius 3 is 1.27 bits per heavy atom. The highest BCUT2D eigenvalue weighted by atomic mass is 16.7. The topological polar surface area (TPSA) is 192 Å². The van der Waals surface area contributed by atoms with Gasteiger partial charge in [0.05, 0.1) is 49.8 Å². The molecule has 0 aromatic heterocycles. The first-order chi connectivity index (χ1) is 33.3. The van der Waals surface area contributed by atoms with E-state index in [0.717, 1.165) is 103 Å². The summed E-state index contributed by atoms with van der Waals surface area (Å²) in [5.74, 6) is 3.38. The Morgan fingerprint density at radius 1 is 0.500 bits per heavy atom. The molecule has 12 nitrogen and oxygen atoms in total. The van der Waals surface area contributed by atoms with Gasteiger partial charge in [0.25, 0.3) is 0 Å². The molecule has 0 amide bonds. The van der Waals surface area contributed by atoms with E-state index < -0.39 is 24.4 Å². The highest BCUT2D eigenvalue weighted by Gasteiger charge is 2.67. The van der Waals surface area contributed by atoms with Crippen LogP contribution in [0, 0.1) is 105 Å². The third-order valence-corrected chi connectivity index (χ3v) is 23.9. The van der Waals surface area contributed by atoms with Crippen molar-refractivity contribution in [3.05, 3.63) is 0 Å². The molecule has 9 fully saturated rings. The molecule has 9 aliphatic rings. The molecule has 0 radical (unpaired) electrons. The minimum absolute atomic E-state index is 0.0412. The molecule has 400 valence electrons. The summed E-state index contributed by atoms with van der Waals surface area (Å²) in [7, 11) is 0. The van der Waals surface area contributed by atoms with Gasteiger partial charge in [0.15, 0.2) is 13.6 Å². The summed E-state index contributed by atoms with van der Waals surface area (Å²) in [6, 6.07) is 0. The van der Waals surface area contributed by atoms with Crippen LogP contribution in [-0.2, 0) is 28.5 Å². The second kappa shape index (κ2) is 21.3. The van der Waals surface area contributed by atoms with E-state index in [2.05, 4.69) is 41.5 Å². The van der Waals surface area contributed by atoms with E-state index in [1.807, 2.05) is 0 Å². The van der Waals surface area contributed by atoms with Gasteiger partial charge in [0.2, 0.25) is 0 Å². The van der Waals surface area contributed by atoms with E-state index in [4.69, 9.17) is 18.9 Å². The molecule has 22 atom stereocenters. The van der Waals surface area contributed by atoms with Crippen LogP contribution in [-0.4, -0.2) is 106 Å². The van der Waals surface area contributed by atoms with Gasteiger partial charge in [0, 0.05) is 12.8 Å². The van der Waals surface area contributed by atoms with Gasteiger partial charge in [-0.15, -0.1) is 0 Å². The van der Waals surface area contributed by atoms with Crippen molar-refractivity contribution in [3.8, 4) is 0 Å². The molecule has 70 heavy (non-hydrogen) atoms. The summed E-state index contributed by atoms with van der Waals surface area (Å²) in [6.07, 6.45) is 15.9. The minimum Gasteiger partial charge on any atom is -0.438 e. The fourth-order valence-electron chi connectivity index (χ4n) is 19.7. The summed E-state index contributed by atoms with van der Waals surface area (Å²) in [6.45, 7) is 14.7. The summed E-state index contributed by atoms with van der Waals surface area (Å²) in [5.41, 5.74) is -0.470. The quantitative estimate of drug-likeness (QED) is 0.0491. The summed E-state index contributed by atoms with van der Waals surface area (Å²) < 4.78 is 22.8. The van der Waals surface area contributed by atoms with Crippen LogP contribution in [0.25, 0.3) is 0 Å². The lowest BCUT2D eigenvalue weighted by molar-refractivity contribution is -0.207. The molecule has 9 rings (SSSR count). The fraction of sp³-hybridized carbons (Fsp3) is 0.966. The van der Waals surface area contributed by atoms with E-state index in [0.29, 0.717) is 75.4 Å². The Bertz CT molecular complexity index is 1660. The second-order valence-electron chi connectivity index (χ2n) is 27.0. The predicted molar refractivity (Wildman–Crippen MR) is 264 cm³/mol. The van der Waals surface area contributed by atoms with Crippen molar-refractivity contribution in [1.82, 2.24) is 0 Å². The highest BCUT2D eigenvalue weighted by molar-refractivity contribution is 5.69. The Labute approximate surface area is 420 Å². The average Bonchev–Trinajstić information content (AvgIpc) is 3.88. The number of hydrogen-bond donors (Lipinski definition) is 6. The van der Waals surface area contributed by atoms with Crippen molar-refractivity contribution in [2.45, 2.75) is 219 Å². The van der Waals surface area contributed by atoms with Crippen molar-refractivity contribution >= 4 is 11.9 Å². The van der Waals surface area contributed by atoms with Gasteiger partial charge in [-0.2, -0.15) is 0 Å². The van der Waals surface area contributed by atoms with Crippen LogP contribution in [0.4, 0.5) is 0 Å². The van der Waals surface area contributed by atoms with E-state index >= 15 is 0 Å². The van der Waals surface area contributed by atoms with Crippen LogP contribution in [0.15, 0.2) is 0 Å². The first-order valence-corrected chi connectivity index (χ1v) is 28.8. The molecule has 0 saturated heterocycles. The maximum absolute atomic E-state index is 12.9. The van der Waals surface area contributed by atoms with Gasteiger partial charge in [0.1, 0.15) is 0 Å². The Kier molecular flexibility index (Phi) is 16.3. The van der Waals surface area contributed by atoms with E-state index in [9.17, 15) is 40.2 Å². The molecule has 12 heteroatoms. The zero-order chi connectivity index (χ0) is 49.9. The maximum Gasteiger partial charge on any atom is 0.307 e. The van der Waals surface area contributed by atoms with Crippen LogP contribution in [0.2, 0.25) is 0 Å². The lowest BCUT2D eigenvalue weighted by atomic mass is 9.43. The number of aliphatic hydroxyl groups is 6. The second-order valence-corrected chi connectivity index (χ2v) is 27.0. The van der Waals surface area contributed by atoms with Crippen LogP contribution >= 0.6 is 0 Å². The third-order valence-electron chi connectivity index (χ3n) is 23.9. The van der Waals surface area contributed by atoms with Crippen molar-refractivity contribution in [1.29, 1.82) is 0 Å². The molecule has 6 N–H and O–H groups in total. The average molecular weight is 985 g/mol. The number of hydrogen-bond acceptors (Lipinski definition) is 12. The third kappa shape index (κ3) is 9.85. The predicted octanol–water partition coefficient (Wildman–Crippen LogP) is 8.58. The summed E-state index contributed by atoms with van der Waals surface area (Å²) in [4.78, 5) is 25.8. The summed E-state index contributed by atoms with van der Waals surface area (Å²) in [5, 5.41) is 67.9. The molecule has 0 aromatic rings. The molecular formula is C58H96O12. The van der Waals surface area contributed by atoms with Gasteiger partial charge >= 0.3 is 11.9 Å². The molecule has 0 spiro atoms. The molecular weight excluding hydrogens is 889 g/mol. The molecule has 0 bridgehead atoms. The van der Waals surface area contributed by atoms with Crippen molar-refractivity contribution in [3.63, 3.8) is 0 Å². The van der Waals surface area contributed by atoms with Crippen LogP contribution in [0.3, 0.4) is 0 Å². The van der Waals surface area contributed by atoms with Crippen molar-refractivity contribution < 1.29 is 59.2 Å². The fourth-order valence-corrected chi connectivity index (χ4v) is 19.7. The van der Waals surface area contributed by atoms with Gasteiger partial charge in [-0.05, 0) is 233 Å². The van der Waals surface area contributed by atoms with E-state index in [1.165, 1.54) is 0 Å². The lowest BCUT2D eigenvalue weighted by Gasteiger charge is -2.63. The van der Waals surface area contributed by atoms with Crippen molar-refractivity contribution in [2.24, 2.45) is 105 Å². The number of carbonyl (C=O) groups excluding carboxylic acids is 2. The Morgan fingerprint density at radius 2 is 0.886 bits per heavy atom. The van der Waals surface area contributed by atoms with Gasteiger partial charge < -0.3 is 49.6 Å². The minimum atomic E-state index is -0.439. The number of ether oxygens (including phenoxy) is 4. The number of esters is 2. The van der Waals surface area contributed by atoms with Gasteiger partial charge in [-0.3, -0.25) is 9.59 Å². The monoisotopic (exact) mass is 985 g/mol. The normalized spacial score (nSPS) is 49.5. The Balaban J connectivity index is 0.623. The molecule has 0 heterocycles. The zero-order valence-electron chi connectivity index (χ0n) is 44.1. The van der Waals surface area contributed by atoms with Crippen molar-refractivity contribution in [2.75, 3.05) is 26.8 Å². The SMILES string of the molecule is C[C@H](CCC(=O)OCOCC1CCC(COCOC(=O)CC[C@@H](C)[C@H]2CC[C@H]3[C@@H]4[C@H](O)C[C@@H]5C[C@H](O)CC[C@]5(C)[C@H]4C[C@H](O)[C@]23C)CC1)[C@H]1CC[C@H]2[C@@H]3[C@H](O)C[C@@H]4C[C@H](O)CC[C@]4(C)[C@H]3C[C@H](O)[C@]12C. The molecule has 9 saturated carbocycles. The molecule has 0 aliphatic heterocycles. The standard InChI is InChI=1S/C58H96O12/c1-33(41-13-15-43-53-45(27-49(63)57(41,43)5)55(3)21-19-39(59)23-37(55)25-47(53)61)7-17-51(65)69-31-67-29-35-9-11-36(12-10-35)30-68-32-70-52(66)18-8-34(2)42-14-16-44-54-46(28-50(64)58(42,44)6)56(4)22-20-40(60)24-38(56)26-48(54)62/h33-50,53-54,59-64H,7-32H2,1-6H3/t33-,34-,35?,36?,37+,38+,39-,40-,41-,42-,43+,44+,45+,46+,47-,48-,49+,50+,53+,54+,55+,56+,57-,58-/m1/s1. The number of carbonyl (C=O) groups is 2. The first-order valence-electron chi connectivity index (χ1n) is 28.8. The van der Waals surface area contributed by atoms with Crippen LogP contribution < -0.4 is 0 Å². The summed E-state index contributed by atoms with van der Waals surface area (Å²) >= 11 is 0. The molecule has 9 aliphatic carbocycles. The molecule has 0 unspecified atom stereocenters. The Hall–Kier alpha value is -1.38. The highest BCUT2D eigenvalue weighted by Crippen LogP contribution is 2.70. The zero-order valence-corrected chi connectivity index (χ0v) is 44.1. The van der Waals surface area contributed by atoms with Gasteiger partial charge in [-0.25, -0.2) is 0 Å². The van der Waals surface area contributed by atoms with E-state index in [-0.39, 0.29) is 119 Å². The lowest BCUT2D eigenvalue weighted by Crippen LogP contribution is -2.62. The van der Waals surface area contributed by atoms with E-state index in [1.54, 1.807) is 0 Å². The van der Waals surface area contributed by atoms with Crippen LogP contribution in [0.5, 0.6) is 0 Å². The first kappa shape index (κ1) is 53.4. The number of aliphatic hydroxyl groups excluding tert-OH is 6.